The molecular formula is C18H22FN3O2. The number of likely N-dealkylation sites (tertiary alicyclic amines) is 1. The summed E-state index contributed by atoms with van der Waals surface area (Å²) in [4.78, 5) is 14.2. The molecule has 1 unspecified atom stereocenters. The maximum absolute atomic E-state index is 13.9. The Balaban J connectivity index is 1.76. The first-order valence-electron chi connectivity index (χ1n) is 8.28. The molecule has 128 valence electrons. The van der Waals surface area contributed by atoms with Gasteiger partial charge in [0.15, 0.2) is 0 Å². The molecule has 0 saturated carbocycles. The van der Waals surface area contributed by atoms with Crippen LogP contribution in [0.15, 0.2) is 41.2 Å². The number of halogens is 1. The number of piperidine rings is 1. The van der Waals surface area contributed by atoms with Gasteiger partial charge in [-0.1, -0.05) is 12.1 Å². The summed E-state index contributed by atoms with van der Waals surface area (Å²) in [5, 5.41) is 14.0. The average Bonchev–Trinajstić information content (AvgIpc) is 2.58. The lowest BCUT2D eigenvalue weighted by Crippen LogP contribution is -2.40. The second-order valence-corrected chi connectivity index (χ2v) is 6.37. The predicted octanol–water partition coefficient (Wildman–Crippen LogP) is 2.10. The van der Waals surface area contributed by atoms with Gasteiger partial charge in [0.25, 0.3) is 5.56 Å². The van der Waals surface area contributed by atoms with Crippen molar-refractivity contribution in [2.45, 2.75) is 32.5 Å². The van der Waals surface area contributed by atoms with Gasteiger partial charge in [0.1, 0.15) is 5.82 Å². The second kappa shape index (κ2) is 7.23. The van der Waals surface area contributed by atoms with Crippen molar-refractivity contribution in [2.75, 3.05) is 13.1 Å². The highest BCUT2D eigenvalue weighted by Gasteiger charge is 2.23. The third kappa shape index (κ3) is 3.71. The lowest BCUT2D eigenvalue weighted by Gasteiger charge is -2.33. The molecule has 0 spiro atoms. The van der Waals surface area contributed by atoms with Gasteiger partial charge in [-0.15, -0.1) is 0 Å². The topological polar surface area (TPSA) is 58.4 Å². The molecule has 1 aromatic heterocycles. The molecule has 0 aliphatic carbocycles. The third-order valence-corrected chi connectivity index (χ3v) is 4.66. The maximum Gasteiger partial charge on any atom is 0.268 e. The van der Waals surface area contributed by atoms with Gasteiger partial charge in [-0.2, -0.15) is 5.10 Å². The minimum Gasteiger partial charge on any atom is -0.393 e. The summed E-state index contributed by atoms with van der Waals surface area (Å²) in [5.74, 6) is -0.0383. The van der Waals surface area contributed by atoms with Gasteiger partial charge in [0, 0.05) is 24.7 Å². The van der Waals surface area contributed by atoms with Crippen LogP contribution in [-0.4, -0.2) is 39.0 Å². The molecule has 2 aromatic rings. The van der Waals surface area contributed by atoms with Gasteiger partial charge in [0.2, 0.25) is 0 Å². The van der Waals surface area contributed by atoms with Crippen molar-refractivity contribution < 1.29 is 9.50 Å². The van der Waals surface area contributed by atoms with Gasteiger partial charge < -0.3 is 5.11 Å². The number of nitrogens with zero attached hydrogens (tertiary/aromatic N) is 3. The van der Waals surface area contributed by atoms with E-state index >= 15 is 0 Å². The molecule has 5 nitrogen and oxygen atoms in total. The molecule has 6 heteroatoms. The second-order valence-electron chi connectivity index (χ2n) is 6.37. The number of rotatable bonds is 4. The van der Waals surface area contributed by atoms with Crippen LogP contribution in [0.4, 0.5) is 4.39 Å². The van der Waals surface area contributed by atoms with Crippen LogP contribution in [0.2, 0.25) is 0 Å². The summed E-state index contributed by atoms with van der Waals surface area (Å²) in [6.45, 7) is 3.83. The number of aliphatic hydroxyl groups is 1. The van der Waals surface area contributed by atoms with Gasteiger partial charge in [-0.3, -0.25) is 9.69 Å². The summed E-state index contributed by atoms with van der Waals surface area (Å²) >= 11 is 0. The average molecular weight is 331 g/mol. The Bertz CT molecular complexity index is 752. The molecule has 0 bridgehead atoms. The maximum atomic E-state index is 13.9. The Kier molecular flexibility index (Phi) is 5.06. The monoisotopic (exact) mass is 331 g/mol. The SMILES string of the molecule is CC(O)C1CCN(Cn2nc(-c3ccccc3F)ccc2=O)CC1. The Morgan fingerprint density at radius 1 is 1.25 bits per heavy atom. The van der Waals surface area contributed by atoms with Crippen LogP contribution < -0.4 is 5.56 Å². The first-order valence-corrected chi connectivity index (χ1v) is 8.28. The summed E-state index contributed by atoms with van der Waals surface area (Å²) in [6, 6.07) is 9.39. The lowest BCUT2D eigenvalue weighted by molar-refractivity contribution is 0.0587. The summed E-state index contributed by atoms with van der Waals surface area (Å²) in [7, 11) is 0. The molecule has 1 aliphatic rings. The van der Waals surface area contributed by atoms with Gasteiger partial charge in [-0.25, -0.2) is 9.07 Å². The molecule has 1 saturated heterocycles. The van der Waals surface area contributed by atoms with E-state index in [0.717, 1.165) is 25.9 Å². The van der Waals surface area contributed by atoms with Crippen molar-refractivity contribution >= 4 is 0 Å². The largest absolute Gasteiger partial charge is 0.393 e. The standard InChI is InChI=1S/C18H22FN3O2/c1-13(23)14-8-10-21(11-9-14)12-22-18(24)7-6-17(20-22)15-4-2-3-5-16(15)19/h2-7,13-14,23H,8-12H2,1H3. The van der Waals surface area contributed by atoms with Crippen LogP contribution in [0.1, 0.15) is 19.8 Å². The van der Waals surface area contributed by atoms with Gasteiger partial charge in [-0.05, 0) is 43.9 Å². The smallest absolute Gasteiger partial charge is 0.268 e. The zero-order valence-corrected chi connectivity index (χ0v) is 13.7. The van der Waals surface area contributed by atoms with Crippen molar-refractivity contribution in [3.05, 3.63) is 52.6 Å². The molecular weight excluding hydrogens is 309 g/mol. The van der Waals surface area contributed by atoms with E-state index in [-0.39, 0.29) is 17.5 Å². The molecule has 2 heterocycles. The van der Waals surface area contributed by atoms with Crippen LogP contribution in [-0.2, 0) is 6.67 Å². The first kappa shape index (κ1) is 16.8. The molecule has 3 rings (SSSR count). The van der Waals surface area contributed by atoms with E-state index < -0.39 is 0 Å². The highest BCUT2D eigenvalue weighted by atomic mass is 19.1. The highest BCUT2D eigenvalue weighted by molar-refractivity contribution is 5.58. The Labute approximate surface area is 140 Å². The molecule has 1 aromatic carbocycles. The van der Waals surface area contributed by atoms with Crippen molar-refractivity contribution in [1.29, 1.82) is 0 Å². The number of hydrogen-bond acceptors (Lipinski definition) is 4. The van der Waals surface area contributed by atoms with Gasteiger partial charge in [0.05, 0.1) is 18.5 Å². The van der Waals surface area contributed by atoms with Crippen LogP contribution >= 0.6 is 0 Å². The van der Waals surface area contributed by atoms with E-state index in [2.05, 4.69) is 10.00 Å². The fourth-order valence-corrected chi connectivity index (χ4v) is 3.13. The third-order valence-electron chi connectivity index (χ3n) is 4.66. The number of aliphatic hydroxyl groups excluding tert-OH is 1. The molecule has 1 aliphatic heterocycles. The number of benzene rings is 1. The van der Waals surface area contributed by atoms with Crippen LogP contribution in [0.25, 0.3) is 11.3 Å². The summed E-state index contributed by atoms with van der Waals surface area (Å²) < 4.78 is 15.3. The quantitative estimate of drug-likeness (QED) is 0.932. The molecule has 0 amide bonds. The number of aromatic nitrogens is 2. The van der Waals surface area contributed by atoms with Crippen molar-refractivity contribution in [1.82, 2.24) is 14.7 Å². The van der Waals surface area contributed by atoms with Crippen molar-refractivity contribution in [2.24, 2.45) is 5.92 Å². The van der Waals surface area contributed by atoms with Crippen LogP contribution in [0.5, 0.6) is 0 Å². The Morgan fingerprint density at radius 2 is 1.96 bits per heavy atom. The zero-order valence-electron chi connectivity index (χ0n) is 13.7. The van der Waals surface area contributed by atoms with E-state index in [1.54, 1.807) is 24.3 Å². The molecule has 1 atom stereocenters. The summed E-state index contributed by atoms with van der Waals surface area (Å²) in [5.41, 5.74) is 0.637. The fourth-order valence-electron chi connectivity index (χ4n) is 3.13. The lowest BCUT2D eigenvalue weighted by atomic mass is 9.92. The minimum atomic E-state index is -0.354. The van der Waals surface area contributed by atoms with Crippen LogP contribution in [0.3, 0.4) is 0 Å². The normalized spacial score (nSPS) is 17.8. The van der Waals surface area contributed by atoms with E-state index in [1.807, 2.05) is 6.92 Å². The van der Waals surface area contributed by atoms with E-state index in [1.165, 1.54) is 16.8 Å². The molecule has 1 N–H and O–H groups in total. The van der Waals surface area contributed by atoms with Gasteiger partial charge >= 0.3 is 0 Å². The fraction of sp³-hybridized carbons (Fsp3) is 0.444. The Hall–Kier alpha value is -2.05. The van der Waals surface area contributed by atoms with E-state index in [4.69, 9.17) is 0 Å². The minimum absolute atomic E-state index is 0.201. The first-order chi connectivity index (χ1) is 11.5. The van der Waals surface area contributed by atoms with E-state index in [0.29, 0.717) is 23.8 Å². The summed E-state index contributed by atoms with van der Waals surface area (Å²) in [6.07, 6.45) is 1.51. The molecule has 1 fully saturated rings. The zero-order chi connectivity index (χ0) is 17.1. The molecule has 24 heavy (non-hydrogen) atoms. The van der Waals surface area contributed by atoms with Crippen LogP contribution in [0, 0.1) is 11.7 Å². The highest BCUT2D eigenvalue weighted by Crippen LogP contribution is 2.21. The van der Waals surface area contributed by atoms with Crippen molar-refractivity contribution in [3.8, 4) is 11.3 Å². The number of hydrogen-bond donors (Lipinski definition) is 1. The Morgan fingerprint density at radius 3 is 2.62 bits per heavy atom. The predicted molar refractivity (Wildman–Crippen MR) is 89.9 cm³/mol. The van der Waals surface area contributed by atoms with Crippen molar-refractivity contribution in [3.63, 3.8) is 0 Å². The van der Waals surface area contributed by atoms with E-state index in [9.17, 15) is 14.3 Å². The molecule has 0 radical (unpaired) electrons.